The first-order chi connectivity index (χ1) is 8.08. The van der Waals surface area contributed by atoms with Gasteiger partial charge in [-0.05, 0) is 43.9 Å². The normalized spacial score (nSPS) is 19.4. The summed E-state index contributed by atoms with van der Waals surface area (Å²) in [6.07, 6.45) is 1.82. The van der Waals surface area contributed by atoms with Gasteiger partial charge in [0.15, 0.2) is 0 Å². The Morgan fingerprint density at radius 1 is 1.41 bits per heavy atom. The summed E-state index contributed by atoms with van der Waals surface area (Å²) in [5.74, 6) is 0.416. The Balaban J connectivity index is 2.05. The Bertz CT molecular complexity index is 387. The summed E-state index contributed by atoms with van der Waals surface area (Å²) >= 11 is 5.89. The van der Waals surface area contributed by atoms with Crippen LogP contribution < -0.4 is 10.6 Å². The minimum absolute atomic E-state index is 0.209. The molecule has 4 heteroatoms. The fourth-order valence-electron chi connectivity index (χ4n) is 2.44. The van der Waals surface area contributed by atoms with E-state index in [9.17, 15) is 5.11 Å². The van der Waals surface area contributed by atoms with E-state index in [-0.39, 0.29) is 6.10 Å². The number of hydrogen-bond donors (Lipinski definition) is 2. The van der Waals surface area contributed by atoms with Crippen LogP contribution in [0.2, 0.25) is 5.02 Å². The maximum absolute atomic E-state index is 9.56. The molecule has 0 amide bonds. The first-order valence-electron chi connectivity index (χ1n) is 6.06. The Labute approximate surface area is 107 Å². The van der Waals surface area contributed by atoms with Crippen molar-refractivity contribution in [1.82, 2.24) is 0 Å². The zero-order chi connectivity index (χ0) is 12.4. The lowest BCUT2D eigenvalue weighted by molar-refractivity contribution is 0.110. The highest BCUT2D eigenvalue weighted by molar-refractivity contribution is 6.31. The summed E-state index contributed by atoms with van der Waals surface area (Å²) < 4.78 is 0. The first kappa shape index (κ1) is 12.5. The number of rotatable bonds is 2. The van der Waals surface area contributed by atoms with Crippen molar-refractivity contribution in [3.05, 3.63) is 23.2 Å². The average molecular weight is 255 g/mol. The number of halogens is 1. The molecule has 0 radical (unpaired) electrons. The van der Waals surface area contributed by atoms with Gasteiger partial charge in [0.25, 0.3) is 0 Å². The lowest BCUT2D eigenvalue weighted by atomic mass is 9.92. The van der Waals surface area contributed by atoms with Gasteiger partial charge in [-0.1, -0.05) is 11.6 Å². The molecule has 17 heavy (non-hydrogen) atoms. The average Bonchev–Trinajstić information content (AvgIpc) is 2.29. The summed E-state index contributed by atoms with van der Waals surface area (Å²) in [7, 11) is 0. The van der Waals surface area contributed by atoms with Crippen molar-refractivity contribution in [2.45, 2.75) is 25.9 Å². The van der Waals surface area contributed by atoms with Crippen LogP contribution in [0.25, 0.3) is 0 Å². The molecule has 0 spiro atoms. The fourth-order valence-corrected chi connectivity index (χ4v) is 2.62. The number of aliphatic hydroxyl groups excluding tert-OH is 1. The molecule has 3 N–H and O–H groups in total. The summed E-state index contributed by atoms with van der Waals surface area (Å²) in [6.45, 7) is 3.76. The Morgan fingerprint density at radius 2 is 2.06 bits per heavy atom. The number of piperidine rings is 1. The lowest BCUT2D eigenvalue weighted by Gasteiger charge is -2.35. The van der Waals surface area contributed by atoms with Gasteiger partial charge >= 0.3 is 0 Å². The quantitative estimate of drug-likeness (QED) is 0.798. The molecule has 94 valence electrons. The highest BCUT2D eigenvalue weighted by Crippen LogP contribution is 2.30. The molecule has 1 aromatic carbocycles. The van der Waals surface area contributed by atoms with Crippen molar-refractivity contribution in [2.24, 2.45) is 5.92 Å². The number of nitrogen functional groups attached to an aromatic ring is 1. The number of hydrogen-bond acceptors (Lipinski definition) is 3. The molecular formula is C13H19ClN2O. The highest BCUT2D eigenvalue weighted by atomic mass is 35.5. The van der Waals surface area contributed by atoms with Crippen molar-refractivity contribution >= 4 is 23.0 Å². The van der Waals surface area contributed by atoms with Crippen molar-refractivity contribution in [2.75, 3.05) is 23.7 Å². The van der Waals surface area contributed by atoms with E-state index in [4.69, 9.17) is 17.3 Å². The van der Waals surface area contributed by atoms with E-state index in [1.54, 1.807) is 6.07 Å². The smallest absolute Gasteiger partial charge is 0.0600 e. The number of benzene rings is 1. The minimum Gasteiger partial charge on any atom is -0.397 e. The van der Waals surface area contributed by atoms with E-state index in [0.29, 0.717) is 10.9 Å². The molecule has 1 atom stereocenters. The topological polar surface area (TPSA) is 49.5 Å². The number of nitrogens with zero attached hydrogens (tertiary/aromatic N) is 1. The van der Waals surface area contributed by atoms with E-state index in [1.807, 2.05) is 19.1 Å². The van der Waals surface area contributed by atoms with Gasteiger partial charge < -0.3 is 15.7 Å². The van der Waals surface area contributed by atoms with Crippen LogP contribution in [0.15, 0.2) is 18.2 Å². The second kappa shape index (κ2) is 5.15. The fraction of sp³-hybridized carbons (Fsp3) is 0.538. The highest BCUT2D eigenvalue weighted by Gasteiger charge is 2.23. The van der Waals surface area contributed by atoms with Crippen LogP contribution in [-0.2, 0) is 0 Å². The molecule has 3 nitrogen and oxygen atoms in total. The summed E-state index contributed by atoms with van der Waals surface area (Å²) in [6, 6.07) is 5.63. The Morgan fingerprint density at radius 3 is 2.59 bits per heavy atom. The monoisotopic (exact) mass is 254 g/mol. The van der Waals surface area contributed by atoms with E-state index >= 15 is 0 Å². The van der Waals surface area contributed by atoms with Gasteiger partial charge in [0.2, 0.25) is 0 Å². The summed E-state index contributed by atoms with van der Waals surface area (Å²) in [5, 5.41) is 10.2. The molecule has 0 aliphatic carbocycles. The molecule has 1 aliphatic rings. The minimum atomic E-state index is -0.209. The molecule has 2 rings (SSSR count). The van der Waals surface area contributed by atoms with Gasteiger partial charge in [0, 0.05) is 18.1 Å². The third kappa shape index (κ3) is 2.85. The van der Waals surface area contributed by atoms with Crippen LogP contribution in [-0.4, -0.2) is 24.3 Å². The summed E-state index contributed by atoms with van der Waals surface area (Å²) in [4.78, 5) is 2.27. The summed E-state index contributed by atoms with van der Waals surface area (Å²) in [5.41, 5.74) is 7.75. The predicted octanol–water partition coefficient (Wildman–Crippen LogP) is 2.52. The number of nitrogens with two attached hydrogens (primary N) is 1. The zero-order valence-electron chi connectivity index (χ0n) is 10.1. The SMILES string of the molecule is CC(O)C1CCN(c2ccc(Cl)cc2N)CC1. The number of aliphatic hydroxyl groups is 1. The van der Waals surface area contributed by atoms with Crippen molar-refractivity contribution in [3.8, 4) is 0 Å². The lowest BCUT2D eigenvalue weighted by Crippen LogP contribution is -2.37. The van der Waals surface area contributed by atoms with Crippen LogP contribution in [0.5, 0.6) is 0 Å². The maximum atomic E-state index is 9.56. The second-order valence-electron chi connectivity index (χ2n) is 4.77. The van der Waals surface area contributed by atoms with Crippen LogP contribution >= 0.6 is 11.6 Å². The molecule has 1 aliphatic heterocycles. The van der Waals surface area contributed by atoms with Gasteiger partial charge in [0.05, 0.1) is 17.5 Å². The molecule has 1 aromatic rings. The molecule has 1 unspecified atom stereocenters. The molecular weight excluding hydrogens is 236 g/mol. The van der Waals surface area contributed by atoms with E-state index in [1.165, 1.54) is 0 Å². The molecule has 1 heterocycles. The third-order valence-electron chi connectivity index (χ3n) is 3.55. The van der Waals surface area contributed by atoms with Crippen molar-refractivity contribution in [3.63, 3.8) is 0 Å². The van der Waals surface area contributed by atoms with E-state index < -0.39 is 0 Å². The van der Waals surface area contributed by atoms with Gasteiger partial charge in [-0.25, -0.2) is 0 Å². The van der Waals surface area contributed by atoms with Crippen molar-refractivity contribution < 1.29 is 5.11 Å². The molecule has 0 aromatic heterocycles. The molecule has 1 saturated heterocycles. The molecule has 0 saturated carbocycles. The van der Waals surface area contributed by atoms with Crippen LogP contribution in [0.1, 0.15) is 19.8 Å². The van der Waals surface area contributed by atoms with E-state index in [0.717, 1.165) is 37.3 Å². The standard InChI is InChI=1S/C13H19ClN2O/c1-9(17)10-4-6-16(7-5-10)13-3-2-11(14)8-12(13)15/h2-3,8-10,17H,4-7,15H2,1H3. The van der Waals surface area contributed by atoms with Gasteiger partial charge in [-0.3, -0.25) is 0 Å². The van der Waals surface area contributed by atoms with Crippen molar-refractivity contribution in [1.29, 1.82) is 0 Å². The first-order valence-corrected chi connectivity index (χ1v) is 6.44. The number of anilines is 2. The van der Waals surface area contributed by atoms with E-state index in [2.05, 4.69) is 4.90 Å². The zero-order valence-corrected chi connectivity index (χ0v) is 10.8. The molecule has 0 bridgehead atoms. The predicted molar refractivity (Wildman–Crippen MR) is 72.5 cm³/mol. The second-order valence-corrected chi connectivity index (χ2v) is 5.20. The van der Waals surface area contributed by atoms with Crippen LogP contribution in [0.4, 0.5) is 11.4 Å². The third-order valence-corrected chi connectivity index (χ3v) is 3.79. The van der Waals surface area contributed by atoms with Gasteiger partial charge in [-0.2, -0.15) is 0 Å². The van der Waals surface area contributed by atoms with Gasteiger partial charge in [-0.15, -0.1) is 0 Å². The van der Waals surface area contributed by atoms with Crippen LogP contribution in [0.3, 0.4) is 0 Å². The Kier molecular flexibility index (Phi) is 3.79. The largest absolute Gasteiger partial charge is 0.397 e. The molecule has 1 fully saturated rings. The van der Waals surface area contributed by atoms with Gasteiger partial charge in [0.1, 0.15) is 0 Å². The maximum Gasteiger partial charge on any atom is 0.0600 e. The van der Waals surface area contributed by atoms with Crippen LogP contribution in [0, 0.1) is 5.92 Å². The Hall–Kier alpha value is -0.930.